The summed E-state index contributed by atoms with van der Waals surface area (Å²) in [7, 11) is 0. The quantitative estimate of drug-likeness (QED) is 0.225. The smallest absolute Gasteiger partial charge is 0.480 e. The highest BCUT2D eigenvalue weighted by molar-refractivity contribution is 5.78. The van der Waals surface area contributed by atoms with E-state index >= 15 is 0 Å². The summed E-state index contributed by atoms with van der Waals surface area (Å²) in [5.74, 6) is -3.55. The third-order valence-electron chi connectivity index (χ3n) is 6.08. The van der Waals surface area contributed by atoms with Gasteiger partial charge in [-0.05, 0) is 40.4 Å². The van der Waals surface area contributed by atoms with Gasteiger partial charge in [-0.2, -0.15) is 0 Å². The molecule has 0 aliphatic rings. The topological polar surface area (TPSA) is 151 Å². The molecule has 1 rings (SSSR count). The molecule has 0 aliphatic carbocycles. The van der Waals surface area contributed by atoms with Crippen LogP contribution in [0.25, 0.3) is 0 Å². The Morgan fingerprint density at radius 2 is 1.35 bits per heavy atom. The molecule has 0 saturated heterocycles. The van der Waals surface area contributed by atoms with Crippen molar-refractivity contribution in [2.45, 2.75) is 93.5 Å². The van der Waals surface area contributed by atoms with Gasteiger partial charge in [-0.15, -0.1) is 0 Å². The minimum atomic E-state index is -1.37. The normalized spacial score (nSPS) is 14.8. The molecular formula is C30H47NO9. The zero-order valence-electron chi connectivity index (χ0n) is 25.4. The van der Waals surface area contributed by atoms with Gasteiger partial charge < -0.3 is 29.8 Å². The highest BCUT2D eigenvalue weighted by Gasteiger charge is 2.33. The van der Waals surface area contributed by atoms with E-state index < -0.39 is 41.9 Å². The third-order valence-corrected chi connectivity index (χ3v) is 6.08. The van der Waals surface area contributed by atoms with E-state index in [-0.39, 0.29) is 54.3 Å². The summed E-state index contributed by atoms with van der Waals surface area (Å²) in [4.78, 5) is 49.3. The van der Waals surface area contributed by atoms with Crippen molar-refractivity contribution in [2.75, 3.05) is 13.2 Å². The molecule has 10 heteroatoms. The molecule has 0 radical (unpaired) electrons. The number of hydrogen-bond donors (Lipinski definition) is 2. The fourth-order valence-electron chi connectivity index (χ4n) is 3.80. The van der Waals surface area contributed by atoms with Gasteiger partial charge in [0.1, 0.15) is 6.04 Å². The van der Waals surface area contributed by atoms with Crippen LogP contribution in [0.3, 0.4) is 0 Å². The predicted molar refractivity (Wildman–Crippen MR) is 150 cm³/mol. The zero-order chi connectivity index (χ0) is 30.8. The van der Waals surface area contributed by atoms with Gasteiger partial charge in [0, 0.05) is 5.92 Å². The van der Waals surface area contributed by atoms with Gasteiger partial charge in [0.2, 0.25) is 0 Å². The highest BCUT2D eigenvalue weighted by Crippen LogP contribution is 2.37. The van der Waals surface area contributed by atoms with Gasteiger partial charge in [-0.25, -0.2) is 4.79 Å². The Morgan fingerprint density at radius 3 is 1.82 bits per heavy atom. The summed E-state index contributed by atoms with van der Waals surface area (Å²) in [5, 5.41) is 9.72. The first kappa shape index (κ1) is 34.9. The summed E-state index contributed by atoms with van der Waals surface area (Å²) in [6, 6.07) is 3.09. The van der Waals surface area contributed by atoms with Crippen molar-refractivity contribution in [3.8, 4) is 11.5 Å². The Kier molecular flexibility index (Phi) is 13.1. The minimum Gasteiger partial charge on any atom is -0.480 e. The number of benzene rings is 1. The number of hydrogen-bond acceptors (Lipinski definition) is 9. The molecule has 0 spiro atoms. The molecule has 40 heavy (non-hydrogen) atoms. The summed E-state index contributed by atoms with van der Waals surface area (Å²) >= 11 is 0. The zero-order valence-corrected chi connectivity index (χ0v) is 25.4. The monoisotopic (exact) mass is 565 g/mol. The predicted octanol–water partition coefficient (Wildman–Crippen LogP) is 5.70. The van der Waals surface area contributed by atoms with Crippen molar-refractivity contribution in [3.63, 3.8) is 0 Å². The van der Waals surface area contributed by atoms with Crippen LogP contribution in [0.15, 0.2) is 18.2 Å². The molecule has 10 nitrogen and oxygen atoms in total. The van der Waals surface area contributed by atoms with Crippen molar-refractivity contribution >= 4 is 24.1 Å². The van der Waals surface area contributed by atoms with Crippen molar-refractivity contribution < 1.29 is 43.2 Å². The molecule has 0 heterocycles. The molecule has 0 fully saturated rings. The lowest BCUT2D eigenvalue weighted by Gasteiger charge is -2.28. The van der Waals surface area contributed by atoms with E-state index in [1.807, 2.05) is 55.4 Å². The van der Waals surface area contributed by atoms with E-state index in [0.717, 1.165) is 6.42 Å². The number of rotatable bonds is 13. The summed E-state index contributed by atoms with van der Waals surface area (Å²) in [6.07, 6.45) is 0.197. The Labute approximate surface area is 237 Å². The van der Waals surface area contributed by atoms with E-state index in [0.29, 0.717) is 5.56 Å². The largest absolute Gasteiger partial charge is 0.508 e. The van der Waals surface area contributed by atoms with Gasteiger partial charge in [0.15, 0.2) is 11.5 Å². The van der Waals surface area contributed by atoms with Crippen LogP contribution in [-0.4, -0.2) is 48.4 Å². The maximum absolute atomic E-state index is 12.7. The minimum absolute atomic E-state index is 0.0282. The molecule has 3 N–H and O–H groups in total. The lowest BCUT2D eigenvalue weighted by Crippen LogP contribution is -2.40. The lowest BCUT2D eigenvalue weighted by atomic mass is 9.82. The maximum Gasteiger partial charge on any atom is 0.508 e. The molecule has 0 aliphatic heterocycles. The number of aliphatic carboxylic acids is 1. The van der Waals surface area contributed by atoms with E-state index in [4.69, 9.17) is 24.7 Å². The number of carboxylic acids is 1. The number of esters is 2. The Hall–Kier alpha value is -3.14. The molecule has 1 aromatic carbocycles. The van der Waals surface area contributed by atoms with Crippen LogP contribution < -0.4 is 15.2 Å². The Morgan fingerprint density at radius 1 is 0.850 bits per heavy atom. The Bertz CT molecular complexity index is 1020. The second kappa shape index (κ2) is 15.0. The van der Waals surface area contributed by atoms with Crippen LogP contribution in [0.1, 0.15) is 93.1 Å². The Balaban J connectivity index is 3.33. The second-order valence-electron chi connectivity index (χ2n) is 12.9. The van der Waals surface area contributed by atoms with Crippen LogP contribution >= 0.6 is 0 Å². The number of ether oxygens (including phenoxy) is 4. The van der Waals surface area contributed by atoms with Crippen LogP contribution in [0.5, 0.6) is 11.5 Å². The van der Waals surface area contributed by atoms with Crippen LogP contribution in [-0.2, 0) is 23.9 Å². The molecule has 226 valence electrons. The van der Waals surface area contributed by atoms with Crippen molar-refractivity contribution in [2.24, 2.45) is 28.4 Å². The summed E-state index contributed by atoms with van der Waals surface area (Å²) in [6.45, 7) is 17.0. The van der Waals surface area contributed by atoms with Gasteiger partial charge in [-0.3, -0.25) is 14.4 Å². The SMILES string of the molecule is CCC(C)COC(=O)OCC(C)C(c1ccc(OC(=O)CC(C)(C)C)c(OC(=O)CC(C)(C)C)c1)[C@H](N)C(=O)O. The van der Waals surface area contributed by atoms with Crippen molar-refractivity contribution in [1.82, 2.24) is 0 Å². The van der Waals surface area contributed by atoms with E-state index in [1.165, 1.54) is 12.1 Å². The van der Waals surface area contributed by atoms with Gasteiger partial charge >= 0.3 is 24.1 Å². The van der Waals surface area contributed by atoms with Crippen LogP contribution in [0.2, 0.25) is 0 Å². The van der Waals surface area contributed by atoms with Crippen molar-refractivity contribution in [3.05, 3.63) is 23.8 Å². The molecular weight excluding hydrogens is 518 g/mol. The first-order valence-corrected chi connectivity index (χ1v) is 13.7. The number of carbonyl (C=O) groups is 4. The average molecular weight is 566 g/mol. The van der Waals surface area contributed by atoms with Crippen LogP contribution in [0, 0.1) is 22.7 Å². The van der Waals surface area contributed by atoms with Crippen LogP contribution in [0.4, 0.5) is 4.79 Å². The molecule has 0 saturated carbocycles. The van der Waals surface area contributed by atoms with Gasteiger partial charge in [0.05, 0.1) is 26.1 Å². The molecule has 3 unspecified atom stereocenters. The maximum atomic E-state index is 12.7. The van der Waals surface area contributed by atoms with E-state index in [2.05, 4.69) is 0 Å². The van der Waals surface area contributed by atoms with Crippen molar-refractivity contribution in [1.29, 1.82) is 0 Å². The van der Waals surface area contributed by atoms with Gasteiger partial charge in [-0.1, -0.05) is 74.8 Å². The second-order valence-corrected chi connectivity index (χ2v) is 12.9. The molecule has 4 atom stereocenters. The third kappa shape index (κ3) is 12.8. The fourth-order valence-corrected chi connectivity index (χ4v) is 3.80. The van der Waals surface area contributed by atoms with E-state index in [1.54, 1.807) is 13.0 Å². The highest BCUT2D eigenvalue weighted by atomic mass is 16.7. The van der Waals surface area contributed by atoms with Gasteiger partial charge in [0.25, 0.3) is 0 Å². The fraction of sp³-hybridized carbons (Fsp3) is 0.667. The first-order chi connectivity index (χ1) is 18.3. The van der Waals surface area contributed by atoms with E-state index in [9.17, 15) is 24.3 Å². The summed E-state index contributed by atoms with van der Waals surface area (Å²) < 4.78 is 21.5. The summed E-state index contributed by atoms with van der Waals surface area (Å²) in [5.41, 5.74) is 5.80. The first-order valence-electron chi connectivity index (χ1n) is 13.7. The molecule has 0 amide bonds. The standard InChI is InChI=1S/C30H47NO9/c1-10-18(2)16-37-28(36)38-17-19(3)25(26(31)27(34)35)20-11-12-21(39-23(32)14-29(4,5)6)22(13-20)40-24(33)15-30(7,8)9/h11-13,18-19,25-26H,10,14-17,31H2,1-9H3,(H,34,35)/t18?,19?,25?,26-/m0/s1. The molecule has 0 aromatic heterocycles. The molecule has 0 bridgehead atoms. The lowest BCUT2D eigenvalue weighted by molar-refractivity contribution is -0.139. The number of carboxylic acid groups (broad SMARTS) is 1. The molecule has 1 aromatic rings. The number of nitrogens with two attached hydrogens (primary N) is 1. The number of carbonyl (C=O) groups excluding carboxylic acids is 3. The average Bonchev–Trinajstić information content (AvgIpc) is 2.80.